The van der Waals surface area contributed by atoms with Crippen molar-refractivity contribution in [1.29, 1.82) is 0 Å². The van der Waals surface area contributed by atoms with Gasteiger partial charge in [0.15, 0.2) is 0 Å². The van der Waals surface area contributed by atoms with Gasteiger partial charge in [-0.15, -0.1) is 0 Å². The summed E-state index contributed by atoms with van der Waals surface area (Å²) in [7, 11) is 1.28. The van der Waals surface area contributed by atoms with Gasteiger partial charge in [-0.1, -0.05) is 0 Å². The fourth-order valence-corrected chi connectivity index (χ4v) is 1.27. The number of alkyl carbamates (subject to hydrolysis) is 1. The van der Waals surface area contributed by atoms with Gasteiger partial charge in [0.2, 0.25) is 0 Å². The number of esters is 1. The van der Waals surface area contributed by atoms with Gasteiger partial charge in [-0.3, -0.25) is 0 Å². The maximum absolute atomic E-state index is 11.6. The summed E-state index contributed by atoms with van der Waals surface area (Å²) in [5, 5.41) is 2.49. The Hall–Kier alpha value is -1.30. The molecule has 3 N–H and O–H groups in total. The summed E-state index contributed by atoms with van der Waals surface area (Å²) in [5.74, 6) is -0.499. The van der Waals surface area contributed by atoms with Gasteiger partial charge < -0.3 is 20.5 Å². The summed E-state index contributed by atoms with van der Waals surface area (Å²) >= 11 is 0. The lowest BCUT2D eigenvalue weighted by Gasteiger charge is -2.22. The highest BCUT2D eigenvalue weighted by atomic mass is 16.6. The predicted octanol–water partition coefficient (Wildman–Crippen LogP) is 1.18. The summed E-state index contributed by atoms with van der Waals surface area (Å²) in [6.45, 7) is 7.09. The fourth-order valence-electron chi connectivity index (χ4n) is 1.27. The van der Waals surface area contributed by atoms with Crippen molar-refractivity contribution in [2.75, 3.05) is 7.11 Å². The lowest BCUT2D eigenvalue weighted by molar-refractivity contribution is -0.143. The Morgan fingerprint density at radius 2 is 1.83 bits per heavy atom. The molecule has 0 bridgehead atoms. The van der Waals surface area contributed by atoms with E-state index in [4.69, 9.17) is 10.5 Å². The molecule has 106 valence electrons. The van der Waals surface area contributed by atoms with Gasteiger partial charge in [-0.05, 0) is 40.5 Å². The molecule has 2 atom stereocenters. The molecule has 1 amide bonds. The van der Waals surface area contributed by atoms with Crippen LogP contribution in [0.1, 0.15) is 40.5 Å². The number of carbonyl (C=O) groups excluding carboxylic acids is 2. The zero-order valence-corrected chi connectivity index (χ0v) is 11.8. The van der Waals surface area contributed by atoms with Crippen LogP contribution in [0.4, 0.5) is 4.79 Å². The minimum atomic E-state index is -0.726. The molecule has 18 heavy (non-hydrogen) atoms. The van der Waals surface area contributed by atoms with Crippen molar-refractivity contribution in [3.8, 4) is 0 Å². The smallest absolute Gasteiger partial charge is 0.408 e. The zero-order chi connectivity index (χ0) is 14.3. The first-order valence-corrected chi connectivity index (χ1v) is 5.98. The van der Waals surface area contributed by atoms with Crippen LogP contribution in [-0.4, -0.2) is 36.9 Å². The third-order valence-corrected chi connectivity index (χ3v) is 2.09. The molecule has 0 aromatic heterocycles. The SMILES string of the molecule is COC(=O)C(CCC(C)N)NC(=O)OC(C)(C)C. The molecule has 2 unspecified atom stereocenters. The van der Waals surface area contributed by atoms with E-state index in [1.54, 1.807) is 20.8 Å². The number of nitrogens with two attached hydrogens (primary N) is 1. The molecular weight excluding hydrogens is 236 g/mol. The summed E-state index contributed by atoms with van der Waals surface area (Å²) < 4.78 is 9.71. The molecule has 0 aromatic rings. The molecule has 6 heteroatoms. The highest BCUT2D eigenvalue weighted by Crippen LogP contribution is 2.08. The first-order valence-electron chi connectivity index (χ1n) is 5.98. The molecule has 0 fully saturated rings. The van der Waals surface area contributed by atoms with Crippen molar-refractivity contribution < 1.29 is 19.1 Å². The molecule has 0 heterocycles. The molecule has 0 radical (unpaired) electrons. The Morgan fingerprint density at radius 1 is 1.28 bits per heavy atom. The molecule has 0 saturated heterocycles. The molecule has 0 saturated carbocycles. The highest BCUT2D eigenvalue weighted by molar-refractivity contribution is 5.81. The second-order valence-corrected chi connectivity index (χ2v) is 5.28. The third-order valence-electron chi connectivity index (χ3n) is 2.09. The summed E-state index contributed by atoms with van der Waals surface area (Å²) in [4.78, 5) is 23.1. The maximum Gasteiger partial charge on any atom is 0.408 e. The fraction of sp³-hybridized carbons (Fsp3) is 0.833. The number of amides is 1. The first kappa shape index (κ1) is 16.7. The van der Waals surface area contributed by atoms with Gasteiger partial charge in [-0.25, -0.2) is 9.59 Å². The molecule has 6 nitrogen and oxygen atoms in total. The largest absolute Gasteiger partial charge is 0.467 e. The van der Waals surface area contributed by atoms with Crippen LogP contribution in [-0.2, 0) is 14.3 Å². The van der Waals surface area contributed by atoms with E-state index < -0.39 is 23.7 Å². The van der Waals surface area contributed by atoms with Crippen LogP contribution in [0, 0.1) is 0 Å². The first-order chi connectivity index (χ1) is 8.15. The molecule has 0 aliphatic heterocycles. The van der Waals surface area contributed by atoms with E-state index in [9.17, 15) is 9.59 Å². The lowest BCUT2D eigenvalue weighted by atomic mass is 10.1. The molecule has 0 aliphatic rings. The second-order valence-electron chi connectivity index (χ2n) is 5.28. The van der Waals surface area contributed by atoms with Crippen LogP contribution in [0.3, 0.4) is 0 Å². The van der Waals surface area contributed by atoms with E-state index in [-0.39, 0.29) is 6.04 Å². The predicted molar refractivity (Wildman–Crippen MR) is 68.1 cm³/mol. The molecule has 0 spiro atoms. The molecule has 0 aliphatic carbocycles. The van der Waals surface area contributed by atoms with E-state index in [2.05, 4.69) is 10.1 Å². The second kappa shape index (κ2) is 7.20. The number of rotatable bonds is 5. The van der Waals surface area contributed by atoms with E-state index in [0.29, 0.717) is 12.8 Å². The Kier molecular flexibility index (Phi) is 6.68. The third kappa shape index (κ3) is 7.89. The number of methoxy groups -OCH3 is 1. The number of ether oxygens (including phenoxy) is 2. The van der Waals surface area contributed by atoms with Gasteiger partial charge in [0.25, 0.3) is 0 Å². The standard InChI is InChI=1S/C12H24N2O4/c1-8(13)6-7-9(10(15)17-5)14-11(16)18-12(2,3)4/h8-9H,6-7,13H2,1-5H3,(H,14,16). The lowest BCUT2D eigenvalue weighted by Crippen LogP contribution is -2.44. The topological polar surface area (TPSA) is 90.6 Å². The number of nitrogens with one attached hydrogen (secondary N) is 1. The van der Waals surface area contributed by atoms with Gasteiger partial charge >= 0.3 is 12.1 Å². The Morgan fingerprint density at radius 3 is 2.22 bits per heavy atom. The zero-order valence-electron chi connectivity index (χ0n) is 11.8. The minimum Gasteiger partial charge on any atom is -0.467 e. The van der Waals surface area contributed by atoms with Crippen molar-refractivity contribution in [3.63, 3.8) is 0 Å². The van der Waals surface area contributed by atoms with E-state index in [1.165, 1.54) is 7.11 Å². The maximum atomic E-state index is 11.6. The monoisotopic (exact) mass is 260 g/mol. The van der Waals surface area contributed by atoms with E-state index in [1.807, 2.05) is 6.92 Å². The van der Waals surface area contributed by atoms with Crippen LogP contribution < -0.4 is 11.1 Å². The van der Waals surface area contributed by atoms with Crippen LogP contribution in [0.25, 0.3) is 0 Å². The van der Waals surface area contributed by atoms with Gasteiger partial charge in [0, 0.05) is 6.04 Å². The van der Waals surface area contributed by atoms with Crippen molar-refractivity contribution >= 4 is 12.1 Å². The van der Waals surface area contributed by atoms with Crippen molar-refractivity contribution in [2.24, 2.45) is 5.73 Å². The molecule has 0 aromatic carbocycles. The Labute approximate surface area is 108 Å². The van der Waals surface area contributed by atoms with Crippen molar-refractivity contribution in [1.82, 2.24) is 5.32 Å². The quantitative estimate of drug-likeness (QED) is 0.724. The summed E-state index contributed by atoms with van der Waals surface area (Å²) in [5.41, 5.74) is 5.01. The average Bonchev–Trinajstić information content (AvgIpc) is 2.20. The van der Waals surface area contributed by atoms with Crippen LogP contribution in [0.5, 0.6) is 0 Å². The van der Waals surface area contributed by atoms with Crippen LogP contribution >= 0.6 is 0 Å². The molecular formula is C12H24N2O4. The van der Waals surface area contributed by atoms with Gasteiger partial charge in [-0.2, -0.15) is 0 Å². The van der Waals surface area contributed by atoms with Crippen molar-refractivity contribution in [3.05, 3.63) is 0 Å². The van der Waals surface area contributed by atoms with Crippen LogP contribution in [0.2, 0.25) is 0 Å². The average molecular weight is 260 g/mol. The molecule has 0 rings (SSSR count). The Balaban J connectivity index is 4.40. The normalized spacial score (nSPS) is 14.6. The summed E-state index contributed by atoms with van der Waals surface area (Å²) in [6, 6.07) is -0.770. The number of hydrogen-bond donors (Lipinski definition) is 2. The summed E-state index contributed by atoms with van der Waals surface area (Å²) in [6.07, 6.45) is 0.390. The highest BCUT2D eigenvalue weighted by Gasteiger charge is 2.24. The minimum absolute atomic E-state index is 0.0439. The van der Waals surface area contributed by atoms with Crippen LogP contribution in [0.15, 0.2) is 0 Å². The van der Waals surface area contributed by atoms with E-state index in [0.717, 1.165) is 0 Å². The van der Waals surface area contributed by atoms with E-state index >= 15 is 0 Å². The van der Waals surface area contributed by atoms with Gasteiger partial charge in [0.1, 0.15) is 11.6 Å². The Bertz CT molecular complexity index is 284. The van der Waals surface area contributed by atoms with Gasteiger partial charge in [0.05, 0.1) is 7.11 Å². The van der Waals surface area contributed by atoms with Crippen molar-refractivity contribution in [2.45, 2.75) is 58.2 Å². The number of hydrogen-bond acceptors (Lipinski definition) is 5. The number of carbonyl (C=O) groups is 2.